The van der Waals surface area contributed by atoms with Crippen molar-refractivity contribution in [2.24, 2.45) is 5.41 Å². The quantitative estimate of drug-likeness (QED) is 0.783. The summed E-state index contributed by atoms with van der Waals surface area (Å²) in [6, 6.07) is 5.61. The highest BCUT2D eigenvalue weighted by Gasteiger charge is 2.08. The lowest BCUT2D eigenvalue weighted by Gasteiger charge is -2.10. The summed E-state index contributed by atoms with van der Waals surface area (Å²) in [5.41, 5.74) is 1.82. The van der Waals surface area contributed by atoms with E-state index in [4.69, 9.17) is 11.6 Å². The van der Waals surface area contributed by atoms with Gasteiger partial charge in [-0.15, -0.1) is 0 Å². The van der Waals surface area contributed by atoms with Gasteiger partial charge in [-0.1, -0.05) is 35.6 Å². The van der Waals surface area contributed by atoms with Crippen molar-refractivity contribution in [3.8, 4) is 11.8 Å². The fourth-order valence-corrected chi connectivity index (χ4v) is 1.54. The molecule has 0 fully saturated rings. The van der Waals surface area contributed by atoms with Crippen molar-refractivity contribution in [2.45, 2.75) is 40.2 Å². The Morgan fingerprint density at radius 1 is 1.35 bits per heavy atom. The molecule has 1 atom stereocenters. The lowest BCUT2D eigenvalue weighted by atomic mass is 9.97. The maximum atomic E-state index is 9.97. The van der Waals surface area contributed by atoms with Crippen molar-refractivity contribution in [2.75, 3.05) is 0 Å². The molecular formula is C15H19ClO. The average Bonchev–Trinajstić information content (AvgIpc) is 2.20. The Bertz CT molecular complexity index is 446. The van der Waals surface area contributed by atoms with Gasteiger partial charge < -0.3 is 5.11 Å². The molecular weight excluding hydrogens is 232 g/mol. The number of aliphatic hydroxyl groups excluding tert-OH is 1. The first-order valence-electron chi connectivity index (χ1n) is 5.74. The Morgan fingerprint density at radius 2 is 2.00 bits per heavy atom. The molecule has 17 heavy (non-hydrogen) atoms. The SMILES string of the molecule is Cc1ccc(C(O)CC#CC(C)(C)C)cc1Cl. The van der Waals surface area contributed by atoms with E-state index in [-0.39, 0.29) is 5.41 Å². The van der Waals surface area contributed by atoms with Crippen LogP contribution in [0.25, 0.3) is 0 Å². The largest absolute Gasteiger partial charge is 0.387 e. The van der Waals surface area contributed by atoms with Gasteiger partial charge in [0.25, 0.3) is 0 Å². The zero-order chi connectivity index (χ0) is 13.1. The highest BCUT2D eigenvalue weighted by molar-refractivity contribution is 6.31. The number of aliphatic hydroxyl groups is 1. The molecule has 0 aliphatic rings. The summed E-state index contributed by atoms with van der Waals surface area (Å²) in [7, 11) is 0. The lowest BCUT2D eigenvalue weighted by Crippen LogP contribution is -2.01. The normalized spacial score (nSPS) is 12.8. The van der Waals surface area contributed by atoms with Crippen LogP contribution in [0.4, 0.5) is 0 Å². The summed E-state index contributed by atoms with van der Waals surface area (Å²) in [4.78, 5) is 0. The van der Waals surface area contributed by atoms with Crippen LogP contribution < -0.4 is 0 Å². The van der Waals surface area contributed by atoms with E-state index in [9.17, 15) is 5.11 Å². The van der Waals surface area contributed by atoms with Crippen molar-refractivity contribution in [3.05, 3.63) is 34.3 Å². The average molecular weight is 251 g/mol. The molecule has 0 saturated heterocycles. The maximum absolute atomic E-state index is 9.97. The molecule has 0 aliphatic carbocycles. The van der Waals surface area contributed by atoms with Gasteiger partial charge in [-0.2, -0.15) is 0 Å². The second kappa shape index (κ2) is 5.58. The Balaban J connectivity index is 2.73. The number of rotatable bonds is 2. The number of aryl methyl sites for hydroxylation is 1. The van der Waals surface area contributed by atoms with Crippen molar-refractivity contribution >= 4 is 11.6 Å². The van der Waals surface area contributed by atoms with Crippen LogP contribution in [0.3, 0.4) is 0 Å². The van der Waals surface area contributed by atoms with E-state index >= 15 is 0 Å². The standard InChI is InChI=1S/C15H19ClO/c1-11-7-8-12(10-13(11)16)14(17)6-5-9-15(2,3)4/h7-8,10,14,17H,6H2,1-4H3. The zero-order valence-corrected chi connectivity index (χ0v) is 11.6. The predicted octanol–water partition coefficient (Wildman–Crippen LogP) is 4.12. The van der Waals surface area contributed by atoms with Gasteiger partial charge in [0.1, 0.15) is 0 Å². The van der Waals surface area contributed by atoms with E-state index < -0.39 is 6.10 Å². The minimum absolute atomic E-state index is 0.0232. The monoisotopic (exact) mass is 250 g/mol. The smallest absolute Gasteiger partial charge is 0.0899 e. The molecule has 0 aliphatic heterocycles. The van der Waals surface area contributed by atoms with Crippen LogP contribution in [-0.4, -0.2) is 5.11 Å². The minimum atomic E-state index is -0.567. The van der Waals surface area contributed by atoms with Gasteiger partial charge in [-0.25, -0.2) is 0 Å². The van der Waals surface area contributed by atoms with Gasteiger partial charge in [0, 0.05) is 16.9 Å². The van der Waals surface area contributed by atoms with E-state index in [1.807, 2.05) is 19.1 Å². The van der Waals surface area contributed by atoms with E-state index in [0.29, 0.717) is 11.4 Å². The Morgan fingerprint density at radius 3 is 2.53 bits per heavy atom. The third-order valence-corrected chi connectivity index (χ3v) is 2.75. The van der Waals surface area contributed by atoms with Crippen LogP contribution in [-0.2, 0) is 0 Å². The van der Waals surface area contributed by atoms with Gasteiger partial charge in [0.05, 0.1) is 6.10 Å². The first-order chi connectivity index (χ1) is 7.79. The van der Waals surface area contributed by atoms with Crippen molar-refractivity contribution in [1.29, 1.82) is 0 Å². The summed E-state index contributed by atoms with van der Waals surface area (Å²) in [5, 5.41) is 10.7. The van der Waals surface area contributed by atoms with E-state index in [1.165, 1.54) is 0 Å². The van der Waals surface area contributed by atoms with E-state index in [1.54, 1.807) is 6.07 Å². The zero-order valence-electron chi connectivity index (χ0n) is 10.8. The molecule has 2 heteroatoms. The molecule has 1 N–H and O–H groups in total. The molecule has 0 bridgehead atoms. The van der Waals surface area contributed by atoms with Crippen LogP contribution in [0.15, 0.2) is 18.2 Å². The van der Waals surface area contributed by atoms with Crippen molar-refractivity contribution < 1.29 is 5.11 Å². The molecule has 0 aromatic heterocycles. The lowest BCUT2D eigenvalue weighted by molar-refractivity contribution is 0.184. The topological polar surface area (TPSA) is 20.2 Å². The van der Waals surface area contributed by atoms with Crippen LogP contribution in [0.2, 0.25) is 5.02 Å². The molecule has 1 unspecified atom stereocenters. The van der Waals surface area contributed by atoms with Crippen LogP contribution >= 0.6 is 11.6 Å². The third-order valence-electron chi connectivity index (χ3n) is 2.34. The first kappa shape index (κ1) is 14.1. The van der Waals surface area contributed by atoms with E-state index in [2.05, 4.69) is 32.6 Å². The summed E-state index contributed by atoms with van der Waals surface area (Å²) >= 11 is 6.02. The Hall–Kier alpha value is -0.970. The fraction of sp³-hybridized carbons (Fsp3) is 0.467. The number of benzene rings is 1. The minimum Gasteiger partial charge on any atom is -0.387 e. The molecule has 1 rings (SSSR count). The van der Waals surface area contributed by atoms with Gasteiger partial charge in [0.15, 0.2) is 0 Å². The summed E-state index contributed by atoms with van der Waals surface area (Å²) in [5.74, 6) is 6.12. The first-order valence-corrected chi connectivity index (χ1v) is 6.11. The molecule has 92 valence electrons. The number of halogens is 1. The highest BCUT2D eigenvalue weighted by atomic mass is 35.5. The second-order valence-corrected chi connectivity index (χ2v) is 5.69. The van der Waals surface area contributed by atoms with Crippen LogP contribution in [0, 0.1) is 24.2 Å². The molecule has 0 saturated carbocycles. The molecule has 1 nitrogen and oxygen atoms in total. The molecule has 0 heterocycles. The number of hydrogen-bond acceptors (Lipinski definition) is 1. The molecule has 0 spiro atoms. The van der Waals surface area contributed by atoms with Crippen molar-refractivity contribution in [1.82, 2.24) is 0 Å². The highest BCUT2D eigenvalue weighted by Crippen LogP contribution is 2.23. The summed E-state index contributed by atoms with van der Waals surface area (Å²) in [6.07, 6.45) is -0.126. The van der Waals surface area contributed by atoms with Crippen LogP contribution in [0.1, 0.15) is 44.4 Å². The molecule has 0 radical (unpaired) electrons. The Kier molecular flexibility index (Phi) is 4.62. The van der Waals surface area contributed by atoms with Gasteiger partial charge in [-0.3, -0.25) is 0 Å². The second-order valence-electron chi connectivity index (χ2n) is 5.28. The summed E-state index contributed by atoms with van der Waals surface area (Å²) < 4.78 is 0. The molecule has 1 aromatic rings. The summed E-state index contributed by atoms with van der Waals surface area (Å²) in [6.45, 7) is 8.09. The third kappa shape index (κ3) is 4.81. The van der Waals surface area contributed by atoms with E-state index in [0.717, 1.165) is 11.1 Å². The Labute approximate surface area is 109 Å². The molecule has 0 amide bonds. The van der Waals surface area contributed by atoms with Crippen LogP contribution in [0.5, 0.6) is 0 Å². The molecule has 1 aromatic carbocycles. The van der Waals surface area contributed by atoms with Gasteiger partial charge in [0.2, 0.25) is 0 Å². The number of hydrogen-bond donors (Lipinski definition) is 1. The van der Waals surface area contributed by atoms with Gasteiger partial charge >= 0.3 is 0 Å². The van der Waals surface area contributed by atoms with Crippen molar-refractivity contribution in [3.63, 3.8) is 0 Å². The predicted molar refractivity (Wildman–Crippen MR) is 73.0 cm³/mol. The maximum Gasteiger partial charge on any atom is 0.0899 e. The van der Waals surface area contributed by atoms with Gasteiger partial charge in [-0.05, 0) is 44.9 Å². The fourth-order valence-electron chi connectivity index (χ4n) is 1.35.